The second-order valence-corrected chi connectivity index (χ2v) is 6.10. The monoisotopic (exact) mass is 332 g/mol. The molecule has 0 aliphatic carbocycles. The van der Waals surface area contributed by atoms with Gasteiger partial charge in [0, 0.05) is 17.0 Å². The Morgan fingerprint density at radius 2 is 1.76 bits per heavy atom. The van der Waals surface area contributed by atoms with Crippen molar-refractivity contribution < 1.29 is 4.42 Å². The van der Waals surface area contributed by atoms with E-state index in [9.17, 15) is 4.79 Å². The number of hydrogen-bond donors (Lipinski definition) is 0. The topological polar surface area (TPSA) is 73.8 Å². The predicted octanol–water partition coefficient (Wildman–Crippen LogP) is 3.11. The number of tetrazole rings is 1. The van der Waals surface area contributed by atoms with Gasteiger partial charge in [0.15, 0.2) is 0 Å². The summed E-state index contributed by atoms with van der Waals surface area (Å²) in [5.41, 5.74) is 4.11. The normalized spacial score (nSPS) is 11.1. The van der Waals surface area contributed by atoms with E-state index in [4.69, 9.17) is 4.42 Å². The van der Waals surface area contributed by atoms with Crippen molar-refractivity contribution in [2.45, 2.75) is 20.4 Å². The quantitative estimate of drug-likeness (QED) is 0.539. The summed E-state index contributed by atoms with van der Waals surface area (Å²) in [6.07, 6.45) is 0. The molecule has 2 aromatic heterocycles. The summed E-state index contributed by atoms with van der Waals surface area (Å²) >= 11 is 0. The van der Waals surface area contributed by atoms with E-state index < -0.39 is 0 Å². The van der Waals surface area contributed by atoms with Crippen LogP contribution in [-0.2, 0) is 6.54 Å². The van der Waals surface area contributed by atoms with Gasteiger partial charge in [-0.2, -0.15) is 4.80 Å². The van der Waals surface area contributed by atoms with Crippen LogP contribution in [0, 0.1) is 13.8 Å². The van der Waals surface area contributed by atoms with Gasteiger partial charge in [-0.05, 0) is 36.3 Å². The third kappa shape index (κ3) is 3.06. The summed E-state index contributed by atoms with van der Waals surface area (Å²) in [5, 5.41) is 13.5. The predicted molar refractivity (Wildman–Crippen MR) is 94.3 cm³/mol. The first-order valence-corrected chi connectivity index (χ1v) is 7.97. The Kier molecular flexibility index (Phi) is 3.65. The molecule has 0 spiro atoms. The minimum absolute atomic E-state index is 0.351. The molecule has 25 heavy (non-hydrogen) atoms. The maximum atomic E-state index is 11.8. The molecule has 0 aliphatic heterocycles. The van der Waals surface area contributed by atoms with E-state index in [2.05, 4.69) is 15.4 Å². The van der Waals surface area contributed by atoms with Crippen LogP contribution in [0.2, 0.25) is 0 Å². The molecular formula is C19H16N4O2. The molecule has 0 bridgehead atoms. The van der Waals surface area contributed by atoms with Crippen molar-refractivity contribution in [3.63, 3.8) is 0 Å². The Balaban J connectivity index is 1.70. The highest BCUT2D eigenvalue weighted by Gasteiger charge is 2.10. The molecule has 2 heterocycles. The van der Waals surface area contributed by atoms with Gasteiger partial charge < -0.3 is 4.42 Å². The number of fused-ring (bicyclic) bond motifs is 1. The van der Waals surface area contributed by atoms with Crippen LogP contribution in [0.15, 0.2) is 57.7 Å². The number of benzene rings is 2. The van der Waals surface area contributed by atoms with Crippen LogP contribution in [0.4, 0.5) is 0 Å². The smallest absolute Gasteiger partial charge is 0.336 e. The largest absolute Gasteiger partial charge is 0.423 e. The summed E-state index contributed by atoms with van der Waals surface area (Å²) in [5.74, 6) is 0.558. The van der Waals surface area contributed by atoms with Gasteiger partial charge in [0.25, 0.3) is 0 Å². The molecule has 0 aliphatic rings. The van der Waals surface area contributed by atoms with Crippen molar-refractivity contribution in [3.05, 3.63) is 75.6 Å². The SMILES string of the molecule is Cc1ccc(-c2nnn(Cc3cc(=O)oc4cc(C)ccc34)n2)cc1. The molecule has 0 saturated heterocycles. The van der Waals surface area contributed by atoms with E-state index in [-0.39, 0.29) is 5.63 Å². The fourth-order valence-electron chi connectivity index (χ4n) is 2.75. The lowest BCUT2D eigenvalue weighted by atomic mass is 10.1. The van der Waals surface area contributed by atoms with Crippen LogP contribution >= 0.6 is 0 Å². The van der Waals surface area contributed by atoms with Crippen LogP contribution in [0.3, 0.4) is 0 Å². The molecule has 0 amide bonds. The van der Waals surface area contributed by atoms with Crippen LogP contribution < -0.4 is 5.63 Å². The van der Waals surface area contributed by atoms with Gasteiger partial charge in [-0.1, -0.05) is 42.0 Å². The second-order valence-electron chi connectivity index (χ2n) is 6.10. The number of hydrogen-bond acceptors (Lipinski definition) is 5. The standard InChI is InChI=1S/C19H16N4O2/c1-12-3-6-14(7-4-12)19-20-22-23(21-19)11-15-10-18(24)25-17-9-13(2)5-8-16(15)17/h3-10H,11H2,1-2H3. The Morgan fingerprint density at radius 1 is 1.00 bits per heavy atom. The van der Waals surface area contributed by atoms with Crippen LogP contribution in [0.5, 0.6) is 0 Å². The first-order chi connectivity index (χ1) is 12.1. The van der Waals surface area contributed by atoms with Crippen molar-refractivity contribution in [3.8, 4) is 11.4 Å². The zero-order valence-corrected chi connectivity index (χ0v) is 13.9. The molecular weight excluding hydrogens is 316 g/mol. The third-order valence-corrected chi connectivity index (χ3v) is 4.06. The fraction of sp³-hybridized carbons (Fsp3) is 0.158. The third-order valence-electron chi connectivity index (χ3n) is 4.06. The Labute approximate surface area is 143 Å². The van der Waals surface area contributed by atoms with Gasteiger partial charge in [0.1, 0.15) is 5.58 Å². The first kappa shape index (κ1) is 15.3. The summed E-state index contributed by atoms with van der Waals surface area (Å²) in [4.78, 5) is 13.3. The van der Waals surface area contributed by atoms with E-state index in [1.165, 1.54) is 16.4 Å². The number of rotatable bonds is 3. The highest BCUT2D eigenvalue weighted by Crippen LogP contribution is 2.19. The van der Waals surface area contributed by atoms with Crippen molar-refractivity contribution in [1.29, 1.82) is 0 Å². The average Bonchev–Trinajstić information content (AvgIpc) is 3.03. The molecule has 4 rings (SSSR count). The van der Waals surface area contributed by atoms with Gasteiger partial charge >= 0.3 is 5.63 Å². The maximum absolute atomic E-state index is 11.8. The summed E-state index contributed by atoms with van der Waals surface area (Å²) in [7, 11) is 0. The van der Waals surface area contributed by atoms with Gasteiger partial charge in [-0.3, -0.25) is 0 Å². The summed E-state index contributed by atoms with van der Waals surface area (Å²) in [6.45, 7) is 4.34. The molecule has 6 heteroatoms. The molecule has 0 N–H and O–H groups in total. The highest BCUT2D eigenvalue weighted by molar-refractivity contribution is 5.80. The van der Waals surface area contributed by atoms with E-state index in [1.807, 2.05) is 56.3 Å². The van der Waals surface area contributed by atoms with Crippen molar-refractivity contribution >= 4 is 11.0 Å². The highest BCUT2D eigenvalue weighted by atomic mass is 16.4. The van der Waals surface area contributed by atoms with Gasteiger partial charge in [0.05, 0.1) is 6.54 Å². The van der Waals surface area contributed by atoms with E-state index in [0.29, 0.717) is 18.0 Å². The van der Waals surface area contributed by atoms with E-state index in [1.54, 1.807) is 0 Å². The Hall–Kier alpha value is -3.28. The molecule has 2 aromatic carbocycles. The van der Waals surface area contributed by atoms with Gasteiger partial charge in [-0.25, -0.2) is 4.79 Å². The molecule has 124 valence electrons. The lowest BCUT2D eigenvalue weighted by Crippen LogP contribution is -2.08. The lowest BCUT2D eigenvalue weighted by Gasteiger charge is -2.05. The fourth-order valence-corrected chi connectivity index (χ4v) is 2.75. The number of nitrogens with zero attached hydrogens (tertiary/aromatic N) is 4. The minimum Gasteiger partial charge on any atom is -0.423 e. The van der Waals surface area contributed by atoms with Crippen molar-refractivity contribution in [2.24, 2.45) is 0 Å². The molecule has 0 saturated carbocycles. The lowest BCUT2D eigenvalue weighted by molar-refractivity contribution is 0.545. The van der Waals surface area contributed by atoms with E-state index >= 15 is 0 Å². The zero-order valence-electron chi connectivity index (χ0n) is 13.9. The molecule has 0 fully saturated rings. The zero-order chi connectivity index (χ0) is 17.4. The average molecular weight is 332 g/mol. The minimum atomic E-state index is -0.382. The molecule has 6 nitrogen and oxygen atoms in total. The van der Waals surface area contributed by atoms with Crippen molar-refractivity contribution in [1.82, 2.24) is 20.2 Å². The number of aromatic nitrogens is 4. The van der Waals surface area contributed by atoms with Crippen LogP contribution in [0.1, 0.15) is 16.7 Å². The Bertz CT molecular complexity index is 1110. The molecule has 4 aromatic rings. The maximum Gasteiger partial charge on any atom is 0.336 e. The van der Waals surface area contributed by atoms with E-state index in [0.717, 1.165) is 22.1 Å². The number of aryl methyl sites for hydroxylation is 2. The van der Waals surface area contributed by atoms with Crippen molar-refractivity contribution in [2.75, 3.05) is 0 Å². The Morgan fingerprint density at radius 3 is 2.56 bits per heavy atom. The molecule has 0 radical (unpaired) electrons. The summed E-state index contributed by atoms with van der Waals surface area (Å²) < 4.78 is 5.29. The molecule has 0 atom stereocenters. The summed E-state index contributed by atoms with van der Waals surface area (Å²) in [6, 6.07) is 15.2. The van der Waals surface area contributed by atoms with Crippen LogP contribution in [0.25, 0.3) is 22.4 Å². The first-order valence-electron chi connectivity index (χ1n) is 7.97. The van der Waals surface area contributed by atoms with Gasteiger partial charge in [0.2, 0.25) is 5.82 Å². The second kappa shape index (κ2) is 5.98. The van der Waals surface area contributed by atoms with Gasteiger partial charge in [-0.15, -0.1) is 10.2 Å². The van der Waals surface area contributed by atoms with Crippen LogP contribution in [-0.4, -0.2) is 20.2 Å². The molecule has 0 unspecified atom stereocenters.